The van der Waals surface area contributed by atoms with Crippen molar-refractivity contribution in [1.29, 1.82) is 0 Å². The number of hydrogen-bond acceptors (Lipinski definition) is 4. The third-order valence-electron chi connectivity index (χ3n) is 6.74. The fourth-order valence-corrected chi connectivity index (χ4v) is 4.96. The van der Waals surface area contributed by atoms with Crippen LogP contribution in [0.2, 0.25) is 0 Å². The van der Waals surface area contributed by atoms with Crippen molar-refractivity contribution in [3.63, 3.8) is 0 Å². The van der Waals surface area contributed by atoms with Gasteiger partial charge in [0.05, 0.1) is 23.6 Å². The Labute approximate surface area is 265 Å². The summed E-state index contributed by atoms with van der Waals surface area (Å²) in [5, 5.41) is 12.4. The zero-order chi connectivity index (χ0) is 32.0. The molecule has 1 amide bonds. The summed E-state index contributed by atoms with van der Waals surface area (Å²) in [5.41, 5.74) is 1.26. The minimum Gasteiger partial charge on any atom is -0.481 e. The van der Waals surface area contributed by atoms with E-state index in [2.05, 4.69) is 21.2 Å². The van der Waals surface area contributed by atoms with Gasteiger partial charge >= 0.3 is 12.1 Å². The van der Waals surface area contributed by atoms with E-state index in [-0.39, 0.29) is 17.1 Å². The molecule has 1 atom stereocenters. The zero-order valence-electron chi connectivity index (χ0n) is 23.4. The highest BCUT2D eigenvalue weighted by Gasteiger charge is 2.31. The lowest BCUT2D eigenvalue weighted by molar-refractivity contribution is -0.138. The van der Waals surface area contributed by atoms with Crippen molar-refractivity contribution >= 4 is 27.8 Å². The Balaban J connectivity index is 1.39. The topological polar surface area (TPSA) is 84.9 Å². The molecule has 1 unspecified atom stereocenters. The second-order valence-corrected chi connectivity index (χ2v) is 10.8. The first-order valence-electron chi connectivity index (χ1n) is 13.7. The van der Waals surface area contributed by atoms with Crippen LogP contribution in [0.1, 0.15) is 33.9 Å². The van der Waals surface area contributed by atoms with Crippen LogP contribution in [-0.4, -0.2) is 17.0 Å². The number of hydrogen-bond donors (Lipinski definition) is 2. The van der Waals surface area contributed by atoms with E-state index in [1.165, 1.54) is 24.3 Å². The number of para-hydroxylation sites is 2. The average molecular weight is 676 g/mol. The number of carboxylic acid groups (broad SMARTS) is 1. The minimum atomic E-state index is -4.57. The van der Waals surface area contributed by atoms with Gasteiger partial charge in [-0.2, -0.15) is 13.2 Å². The Morgan fingerprint density at radius 1 is 0.756 bits per heavy atom. The number of halogens is 4. The van der Waals surface area contributed by atoms with Gasteiger partial charge in [0.15, 0.2) is 0 Å². The molecule has 0 spiro atoms. The Bertz CT molecular complexity index is 1810. The summed E-state index contributed by atoms with van der Waals surface area (Å²) in [6.45, 7) is 0. The van der Waals surface area contributed by atoms with Gasteiger partial charge in [-0.1, -0.05) is 82.7 Å². The molecule has 5 aromatic rings. The zero-order valence-corrected chi connectivity index (χ0v) is 25.0. The fourth-order valence-electron chi connectivity index (χ4n) is 4.60. The molecule has 5 rings (SSSR count). The molecule has 0 fully saturated rings. The minimum absolute atomic E-state index is 0.000726. The normalized spacial score (nSPS) is 11.8. The maximum atomic E-state index is 13.5. The highest BCUT2D eigenvalue weighted by atomic mass is 79.9. The fraction of sp³-hybridized carbons (Fsp3) is 0.0857. The van der Waals surface area contributed by atoms with Crippen molar-refractivity contribution in [3.05, 3.63) is 142 Å². The summed E-state index contributed by atoms with van der Waals surface area (Å²) in [5.74, 6) is -0.620. The molecule has 0 aliphatic rings. The summed E-state index contributed by atoms with van der Waals surface area (Å²) >= 11 is 3.31. The van der Waals surface area contributed by atoms with Gasteiger partial charge in [-0.15, -0.1) is 0 Å². The maximum absolute atomic E-state index is 13.5. The number of carbonyl (C=O) groups is 2. The van der Waals surface area contributed by atoms with E-state index >= 15 is 0 Å². The molecule has 0 aliphatic heterocycles. The highest BCUT2D eigenvalue weighted by molar-refractivity contribution is 9.10. The molecule has 45 heavy (non-hydrogen) atoms. The number of rotatable bonds is 10. The van der Waals surface area contributed by atoms with E-state index in [4.69, 9.17) is 9.47 Å². The van der Waals surface area contributed by atoms with Crippen LogP contribution >= 0.6 is 15.9 Å². The lowest BCUT2D eigenvalue weighted by Gasteiger charge is -2.20. The van der Waals surface area contributed by atoms with E-state index in [1.54, 1.807) is 18.2 Å². The summed E-state index contributed by atoms with van der Waals surface area (Å²) in [7, 11) is 0. The number of aliphatic carboxylic acids is 1. The molecule has 10 heteroatoms. The molecular weight excluding hydrogens is 651 g/mol. The number of benzene rings is 5. The molecule has 0 saturated carbocycles. The van der Waals surface area contributed by atoms with Crippen molar-refractivity contribution in [2.75, 3.05) is 0 Å². The van der Waals surface area contributed by atoms with Crippen LogP contribution < -0.4 is 14.8 Å². The second kappa shape index (κ2) is 13.7. The largest absolute Gasteiger partial charge is 0.481 e. The number of ether oxygens (including phenoxy) is 2. The third-order valence-corrected chi connectivity index (χ3v) is 7.23. The van der Waals surface area contributed by atoms with E-state index in [9.17, 15) is 27.9 Å². The highest BCUT2D eigenvalue weighted by Crippen LogP contribution is 2.36. The smallest absolute Gasteiger partial charge is 0.416 e. The molecule has 0 aromatic heterocycles. The monoisotopic (exact) mass is 675 g/mol. The first kappa shape index (κ1) is 31.3. The second-order valence-electron chi connectivity index (χ2n) is 9.93. The Morgan fingerprint density at radius 2 is 1.42 bits per heavy atom. The number of carboxylic acids is 1. The van der Waals surface area contributed by atoms with Gasteiger partial charge in [0.2, 0.25) is 0 Å². The molecule has 0 bridgehead atoms. The van der Waals surface area contributed by atoms with Crippen molar-refractivity contribution < 1.29 is 37.3 Å². The number of amides is 1. The molecule has 6 nitrogen and oxygen atoms in total. The predicted molar refractivity (Wildman–Crippen MR) is 167 cm³/mol. The SMILES string of the molecule is O=C(O)CC(NC(=O)c1cc(Br)ccc1Oc1cccc(C(F)(F)F)c1)c1ccc(-c2ccccc2Oc2ccccc2)cc1. The van der Waals surface area contributed by atoms with E-state index < -0.39 is 36.1 Å². The molecule has 0 radical (unpaired) electrons. The van der Waals surface area contributed by atoms with Gasteiger partial charge in [0, 0.05) is 10.0 Å². The quantitative estimate of drug-likeness (QED) is 0.154. The van der Waals surface area contributed by atoms with Crippen LogP contribution in [0.4, 0.5) is 13.2 Å². The number of alkyl halides is 3. The number of nitrogens with one attached hydrogen (secondary N) is 1. The van der Waals surface area contributed by atoms with Gasteiger partial charge in [-0.25, -0.2) is 0 Å². The third kappa shape index (κ3) is 8.10. The summed E-state index contributed by atoms with van der Waals surface area (Å²) in [6, 6.07) is 31.7. The molecule has 2 N–H and O–H groups in total. The lowest BCUT2D eigenvalue weighted by Crippen LogP contribution is -2.30. The molecule has 0 heterocycles. The van der Waals surface area contributed by atoms with Gasteiger partial charge in [0.1, 0.15) is 23.0 Å². The first-order chi connectivity index (χ1) is 21.6. The van der Waals surface area contributed by atoms with Gasteiger partial charge in [-0.3, -0.25) is 9.59 Å². The van der Waals surface area contributed by atoms with Crippen molar-refractivity contribution in [3.8, 4) is 34.1 Å². The Kier molecular flexibility index (Phi) is 9.53. The lowest BCUT2D eigenvalue weighted by atomic mass is 9.98. The van der Waals surface area contributed by atoms with Gasteiger partial charge in [-0.05, 0) is 65.7 Å². The maximum Gasteiger partial charge on any atom is 0.416 e. The Hall–Kier alpha value is -5.09. The summed E-state index contributed by atoms with van der Waals surface area (Å²) < 4.78 is 52.0. The van der Waals surface area contributed by atoms with Crippen LogP contribution in [0.15, 0.2) is 126 Å². The molecule has 0 aliphatic carbocycles. The van der Waals surface area contributed by atoms with Gasteiger partial charge in [0.25, 0.3) is 5.91 Å². The van der Waals surface area contributed by atoms with Crippen LogP contribution in [0.3, 0.4) is 0 Å². The van der Waals surface area contributed by atoms with Gasteiger partial charge < -0.3 is 19.9 Å². The van der Waals surface area contributed by atoms with Crippen molar-refractivity contribution in [2.45, 2.75) is 18.6 Å². The van der Waals surface area contributed by atoms with Crippen LogP contribution in [-0.2, 0) is 11.0 Å². The van der Waals surface area contributed by atoms with Crippen LogP contribution in [0, 0.1) is 0 Å². The van der Waals surface area contributed by atoms with Crippen molar-refractivity contribution in [2.24, 2.45) is 0 Å². The van der Waals surface area contributed by atoms with Crippen LogP contribution in [0.25, 0.3) is 11.1 Å². The molecular formula is C35H25BrF3NO5. The molecule has 228 valence electrons. The average Bonchev–Trinajstić information content (AvgIpc) is 3.02. The molecule has 0 saturated heterocycles. The van der Waals surface area contributed by atoms with E-state index in [0.29, 0.717) is 21.5 Å². The molecule has 5 aromatic carbocycles. The Morgan fingerprint density at radius 3 is 2.13 bits per heavy atom. The van der Waals surface area contributed by atoms with Crippen LogP contribution in [0.5, 0.6) is 23.0 Å². The van der Waals surface area contributed by atoms with E-state index in [1.807, 2.05) is 66.7 Å². The standard InChI is InChI=1S/C35H25BrF3NO5/c36-25-17-18-32(45-27-10-6-7-24(19-27)35(37,38)39)29(20-25)34(43)40-30(21-33(41)42)23-15-13-22(14-16-23)28-11-4-5-12-31(28)44-26-8-2-1-3-9-26/h1-20,30H,21H2,(H,40,43)(H,41,42). The van der Waals surface area contributed by atoms with E-state index in [0.717, 1.165) is 23.3 Å². The first-order valence-corrected chi connectivity index (χ1v) is 14.5. The predicted octanol–water partition coefficient (Wildman–Crippen LogP) is 9.67. The number of carbonyl (C=O) groups excluding carboxylic acids is 1. The van der Waals surface area contributed by atoms with Crippen molar-refractivity contribution in [1.82, 2.24) is 5.32 Å². The summed E-state index contributed by atoms with van der Waals surface area (Å²) in [6.07, 6.45) is -4.99. The summed E-state index contributed by atoms with van der Waals surface area (Å²) in [4.78, 5) is 25.3.